The second-order valence-electron chi connectivity index (χ2n) is 6.93. The van der Waals surface area contributed by atoms with Gasteiger partial charge in [0.1, 0.15) is 0 Å². The van der Waals surface area contributed by atoms with Gasteiger partial charge in [0.2, 0.25) is 10.0 Å². The van der Waals surface area contributed by atoms with Crippen LogP contribution in [0.4, 0.5) is 0 Å². The van der Waals surface area contributed by atoms with Gasteiger partial charge in [-0.2, -0.15) is 4.31 Å². The van der Waals surface area contributed by atoms with Crippen molar-refractivity contribution in [3.05, 3.63) is 35.9 Å². The zero-order valence-electron chi connectivity index (χ0n) is 15.9. The van der Waals surface area contributed by atoms with E-state index in [0.29, 0.717) is 45.4 Å². The predicted molar refractivity (Wildman–Crippen MR) is 105 cm³/mol. The van der Waals surface area contributed by atoms with Gasteiger partial charge in [0.25, 0.3) is 0 Å². The molecule has 1 aliphatic heterocycles. The Kier molecular flexibility index (Phi) is 7.43. The van der Waals surface area contributed by atoms with Crippen molar-refractivity contribution in [3.63, 3.8) is 0 Å². The molecule has 2 N–H and O–H groups in total. The molecule has 1 aromatic carbocycles. The Morgan fingerprint density at radius 1 is 1.19 bits per heavy atom. The van der Waals surface area contributed by atoms with Crippen molar-refractivity contribution in [2.45, 2.75) is 19.3 Å². The predicted octanol–water partition coefficient (Wildman–Crippen LogP) is 0.791. The number of hydrogen-bond acceptors (Lipinski definition) is 4. The van der Waals surface area contributed by atoms with Crippen molar-refractivity contribution >= 4 is 16.0 Å². The van der Waals surface area contributed by atoms with Crippen LogP contribution in [0.3, 0.4) is 0 Å². The largest absolute Gasteiger partial charge is 0.379 e. The summed E-state index contributed by atoms with van der Waals surface area (Å²) in [6, 6.07) is 10.3. The molecule has 1 aliphatic rings. The Morgan fingerprint density at radius 3 is 2.46 bits per heavy atom. The molecule has 26 heavy (non-hydrogen) atoms. The normalized spacial score (nSPS) is 17.1. The molecule has 0 aliphatic carbocycles. The van der Waals surface area contributed by atoms with Gasteiger partial charge in [-0.15, -0.1) is 0 Å². The number of morpholine rings is 1. The number of ether oxygens (including phenoxy) is 1. The molecule has 0 saturated carbocycles. The van der Waals surface area contributed by atoms with Crippen molar-refractivity contribution in [3.8, 4) is 0 Å². The number of benzene rings is 1. The number of nitrogens with one attached hydrogen (secondary N) is 2. The molecule has 0 amide bonds. The van der Waals surface area contributed by atoms with Crippen molar-refractivity contribution in [2.24, 2.45) is 4.99 Å². The van der Waals surface area contributed by atoms with Gasteiger partial charge in [-0.05, 0) is 5.56 Å². The molecule has 0 radical (unpaired) electrons. The molecule has 7 nitrogen and oxygen atoms in total. The lowest BCUT2D eigenvalue weighted by Gasteiger charge is -2.27. The van der Waals surface area contributed by atoms with Crippen LogP contribution in [0.15, 0.2) is 35.3 Å². The number of aliphatic imine (C=N–C) groups is 1. The lowest BCUT2D eigenvalue weighted by Crippen LogP contribution is -2.47. The van der Waals surface area contributed by atoms with Gasteiger partial charge >= 0.3 is 0 Å². The summed E-state index contributed by atoms with van der Waals surface area (Å²) in [5, 5.41) is 6.37. The zero-order chi connectivity index (χ0) is 19.0. The summed E-state index contributed by atoms with van der Waals surface area (Å²) in [7, 11) is -1.58. The summed E-state index contributed by atoms with van der Waals surface area (Å²) < 4.78 is 31.4. The van der Waals surface area contributed by atoms with E-state index in [1.165, 1.54) is 9.87 Å². The van der Waals surface area contributed by atoms with Crippen LogP contribution in [0.1, 0.15) is 19.4 Å². The Hall–Kier alpha value is -1.64. The van der Waals surface area contributed by atoms with Crippen molar-refractivity contribution in [1.29, 1.82) is 0 Å². The third kappa shape index (κ3) is 5.96. The number of nitrogens with zero attached hydrogens (tertiary/aromatic N) is 2. The smallest absolute Gasteiger partial charge is 0.215 e. The summed E-state index contributed by atoms with van der Waals surface area (Å²) in [4.78, 5) is 4.18. The van der Waals surface area contributed by atoms with E-state index >= 15 is 0 Å². The first-order chi connectivity index (χ1) is 12.3. The van der Waals surface area contributed by atoms with Crippen LogP contribution >= 0.6 is 0 Å². The van der Waals surface area contributed by atoms with Crippen LogP contribution in [-0.4, -0.2) is 70.9 Å². The highest BCUT2D eigenvalue weighted by Crippen LogP contribution is 2.21. The van der Waals surface area contributed by atoms with E-state index in [1.807, 2.05) is 18.2 Å². The molecule has 0 bridgehead atoms. The molecule has 0 unspecified atom stereocenters. The second-order valence-corrected chi connectivity index (χ2v) is 9.02. The second kappa shape index (κ2) is 9.34. The minimum absolute atomic E-state index is 0.0375. The molecule has 1 fully saturated rings. The number of guanidine groups is 1. The molecule has 8 heteroatoms. The number of hydrogen-bond donors (Lipinski definition) is 2. The molecule has 1 heterocycles. The van der Waals surface area contributed by atoms with Crippen LogP contribution in [-0.2, 0) is 20.2 Å². The van der Waals surface area contributed by atoms with E-state index in [9.17, 15) is 8.42 Å². The fourth-order valence-electron chi connectivity index (χ4n) is 2.77. The van der Waals surface area contributed by atoms with Crippen molar-refractivity contribution in [1.82, 2.24) is 14.9 Å². The summed E-state index contributed by atoms with van der Waals surface area (Å²) in [6.45, 7) is 7.10. The molecule has 146 valence electrons. The molecule has 2 rings (SSSR count). The Morgan fingerprint density at radius 2 is 1.85 bits per heavy atom. The zero-order valence-corrected chi connectivity index (χ0v) is 16.7. The highest BCUT2D eigenvalue weighted by Gasteiger charge is 2.24. The summed E-state index contributed by atoms with van der Waals surface area (Å²) in [6.07, 6.45) is 0. The van der Waals surface area contributed by atoms with Crippen molar-refractivity contribution in [2.75, 3.05) is 52.2 Å². The minimum Gasteiger partial charge on any atom is -0.379 e. The van der Waals surface area contributed by atoms with E-state index in [1.54, 1.807) is 7.05 Å². The van der Waals surface area contributed by atoms with Gasteiger partial charge in [-0.1, -0.05) is 44.2 Å². The average molecular weight is 383 g/mol. The monoisotopic (exact) mass is 382 g/mol. The van der Waals surface area contributed by atoms with Gasteiger partial charge in [0.05, 0.1) is 19.0 Å². The number of rotatable bonds is 7. The lowest BCUT2D eigenvalue weighted by atomic mass is 9.85. The first-order valence-electron chi connectivity index (χ1n) is 8.91. The molecule has 1 aromatic rings. The molecular weight excluding hydrogens is 352 g/mol. The summed E-state index contributed by atoms with van der Waals surface area (Å²) >= 11 is 0. The molecule has 1 saturated heterocycles. The Balaban J connectivity index is 1.81. The SMILES string of the molecule is CN=C(NCCS(=O)(=O)N1CCOCC1)NCC(C)(C)c1ccccc1. The number of sulfonamides is 1. The van der Waals surface area contributed by atoms with Crippen LogP contribution in [0.5, 0.6) is 0 Å². The Labute approximate surface area is 156 Å². The van der Waals surface area contributed by atoms with Crippen molar-refractivity contribution < 1.29 is 13.2 Å². The van der Waals surface area contributed by atoms with E-state index in [2.05, 4.69) is 41.6 Å². The fourth-order valence-corrected chi connectivity index (χ4v) is 4.09. The van der Waals surface area contributed by atoms with Crippen LogP contribution in [0, 0.1) is 0 Å². The third-order valence-corrected chi connectivity index (χ3v) is 6.36. The van der Waals surface area contributed by atoms with E-state index in [4.69, 9.17) is 4.74 Å². The highest BCUT2D eigenvalue weighted by atomic mass is 32.2. The van der Waals surface area contributed by atoms with E-state index in [-0.39, 0.29) is 11.2 Å². The highest BCUT2D eigenvalue weighted by molar-refractivity contribution is 7.89. The van der Waals surface area contributed by atoms with Crippen LogP contribution in [0.25, 0.3) is 0 Å². The maximum Gasteiger partial charge on any atom is 0.215 e. The van der Waals surface area contributed by atoms with Gasteiger partial charge in [0, 0.05) is 38.6 Å². The molecule has 0 atom stereocenters. The first-order valence-corrected chi connectivity index (χ1v) is 10.5. The standard InChI is InChI=1S/C18H30N4O3S/c1-18(2,16-7-5-4-6-8-16)15-21-17(19-3)20-9-14-26(23,24)22-10-12-25-13-11-22/h4-8H,9-15H2,1-3H3,(H2,19,20,21). The van der Waals surface area contributed by atoms with Gasteiger partial charge in [-0.3, -0.25) is 4.99 Å². The van der Waals surface area contributed by atoms with E-state index < -0.39 is 10.0 Å². The molecular formula is C18H30N4O3S. The maximum absolute atomic E-state index is 12.3. The molecule has 0 spiro atoms. The average Bonchev–Trinajstić information content (AvgIpc) is 2.66. The fraction of sp³-hybridized carbons (Fsp3) is 0.611. The summed E-state index contributed by atoms with van der Waals surface area (Å²) in [5.41, 5.74) is 1.16. The minimum atomic E-state index is -3.27. The van der Waals surface area contributed by atoms with Gasteiger partial charge < -0.3 is 15.4 Å². The lowest BCUT2D eigenvalue weighted by molar-refractivity contribution is 0.0730. The van der Waals surface area contributed by atoms with Gasteiger partial charge in [0.15, 0.2) is 5.96 Å². The maximum atomic E-state index is 12.3. The van der Waals surface area contributed by atoms with Crippen LogP contribution in [0.2, 0.25) is 0 Å². The topological polar surface area (TPSA) is 83.0 Å². The third-order valence-electron chi connectivity index (χ3n) is 4.49. The molecule has 0 aromatic heterocycles. The van der Waals surface area contributed by atoms with Gasteiger partial charge in [-0.25, -0.2) is 8.42 Å². The quantitative estimate of drug-likeness (QED) is 0.538. The van der Waals surface area contributed by atoms with E-state index in [0.717, 1.165) is 0 Å². The van der Waals surface area contributed by atoms with Crippen LogP contribution < -0.4 is 10.6 Å². The summed E-state index contributed by atoms with van der Waals surface area (Å²) in [5.74, 6) is 0.640. The first kappa shape index (κ1) is 20.7. The Bertz CT molecular complexity index is 684.